The standard InChI is InChI=1S/C15H20Cl2N2O/c1-10-4-6-15(9-18,7-5-10)14(20)19-13-8-11(16)2-3-12(13)17/h2-3,8,10H,4-7,9,18H2,1H3,(H,19,20). The first-order valence-electron chi connectivity index (χ1n) is 6.93. The summed E-state index contributed by atoms with van der Waals surface area (Å²) in [6.45, 7) is 2.58. The Morgan fingerprint density at radius 1 is 1.40 bits per heavy atom. The van der Waals surface area contributed by atoms with Gasteiger partial charge in [-0.1, -0.05) is 30.1 Å². The van der Waals surface area contributed by atoms with E-state index in [1.54, 1.807) is 18.2 Å². The highest BCUT2D eigenvalue weighted by atomic mass is 35.5. The van der Waals surface area contributed by atoms with Crippen LogP contribution in [0, 0.1) is 11.3 Å². The van der Waals surface area contributed by atoms with Crippen molar-refractivity contribution in [2.45, 2.75) is 32.6 Å². The number of carbonyl (C=O) groups is 1. The number of carbonyl (C=O) groups excluding carboxylic acids is 1. The molecule has 110 valence electrons. The minimum Gasteiger partial charge on any atom is -0.329 e. The molecular formula is C15H20Cl2N2O. The van der Waals surface area contributed by atoms with Crippen molar-refractivity contribution in [3.8, 4) is 0 Å². The van der Waals surface area contributed by atoms with Crippen molar-refractivity contribution in [1.29, 1.82) is 0 Å². The van der Waals surface area contributed by atoms with E-state index in [1.165, 1.54) is 0 Å². The maximum atomic E-state index is 12.6. The molecule has 3 N–H and O–H groups in total. The molecule has 1 aliphatic rings. The van der Waals surface area contributed by atoms with Crippen LogP contribution in [-0.2, 0) is 4.79 Å². The molecule has 1 amide bonds. The number of amides is 1. The summed E-state index contributed by atoms with van der Waals surface area (Å²) >= 11 is 12.0. The molecule has 0 saturated heterocycles. The zero-order valence-corrected chi connectivity index (χ0v) is 13.1. The van der Waals surface area contributed by atoms with Gasteiger partial charge in [-0.2, -0.15) is 0 Å². The first-order chi connectivity index (χ1) is 9.47. The molecule has 1 aliphatic carbocycles. The minimum atomic E-state index is -0.474. The number of anilines is 1. The minimum absolute atomic E-state index is 0.0453. The summed E-state index contributed by atoms with van der Waals surface area (Å²) in [7, 11) is 0. The van der Waals surface area contributed by atoms with Crippen molar-refractivity contribution in [2.75, 3.05) is 11.9 Å². The molecule has 0 radical (unpaired) electrons. The largest absolute Gasteiger partial charge is 0.329 e. The van der Waals surface area contributed by atoms with Crippen molar-refractivity contribution in [3.05, 3.63) is 28.2 Å². The van der Waals surface area contributed by atoms with Gasteiger partial charge in [0.25, 0.3) is 0 Å². The summed E-state index contributed by atoms with van der Waals surface area (Å²) in [5.74, 6) is 0.619. The van der Waals surface area contributed by atoms with E-state index >= 15 is 0 Å². The van der Waals surface area contributed by atoms with E-state index in [1.807, 2.05) is 0 Å². The predicted molar refractivity (Wildman–Crippen MR) is 84.2 cm³/mol. The van der Waals surface area contributed by atoms with Gasteiger partial charge in [0.05, 0.1) is 16.1 Å². The van der Waals surface area contributed by atoms with Crippen LogP contribution in [-0.4, -0.2) is 12.5 Å². The number of rotatable bonds is 3. The average Bonchev–Trinajstić information content (AvgIpc) is 2.44. The topological polar surface area (TPSA) is 55.1 Å². The molecule has 0 spiro atoms. The molecule has 0 bridgehead atoms. The average molecular weight is 315 g/mol. The Morgan fingerprint density at radius 3 is 2.65 bits per heavy atom. The van der Waals surface area contributed by atoms with Gasteiger partial charge in [0, 0.05) is 11.6 Å². The zero-order valence-electron chi connectivity index (χ0n) is 11.6. The van der Waals surface area contributed by atoms with Crippen LogP contribution < -0.4 is 11.1 Å². The molecule has 3 nitrogen and oxygen atoms in total. The van der Waals surface area contributed by atoms with Crippen molar-refractivity contribution in [2.24, 2.45) is 17.1 Å². The number of hydrogen-bond donors (Lipinski definition) is 2. The Hall–Kier alpha value is -0.770. The van der Waals surface area contributed by atoms with Crippen LogP contribution >= 0.6 is 23.2 Å². The fourth-order valence-electron chi connectivity index (χ4n) is 2.69. The molecule has 1 aromatic rings. The number of nitrogens with one attached hydrogen (secondary N) is 1. The Bertz CT molecular complexity index is 497. The fraction of sp³-hybridized carbons (Fsp3) is 0.533. The number of benzene rings is 1. The second-order valence-corrected chi connectivity index (χ2v) is 6.59. The van der Waals surface area contributed by atoms with Gasteiger partial charge in [-0.3, -0.25) is 4.79 Å². The van der Waals surface area contributed by atoms with Gasteiger partial charge in [0.15, 0.2) is 0 Å². The molecular weight excluding hydrogens is 295 g/mol. The van der Waals surface area contributed by atoms with Crippen LogP contribution in [0.4, 0.5) is 5.69 Å². The van der Waals surface area contributed by atoms with Crippen LogP contribution in [0.5, 0.6) is 0 Å². The van der Waals surface area contributed by atoms with Crippen molar-refractivity contribution < 1.29 is 4.79 Å². The van der Waals surface area contributed by atoms with Crippen LogP contribution in [0.3, 0.4) is 0 Å². The Kier molecular flexibility index (Phi) is 4.95. The number of nitrogens with two attached hydrogens (primary N) is 1. The van der Waals surface area contributed by atoms with E-state index in [0.717, 1.165) is 25.7 Å². The van der Waals surface area contributed by atoms with Crippen LogP contribution in [0.2, 0.25) is 10.0 Å². The van der Waals surface area contributed by atoms with Gasteiger partial charge in [0.2, 0.25) is 5.91 Å². The first kappa shape index (κ1) is 15.6. The quantitative estimate of drug-likeness (QED) is 0.883. The molecule has 1 aromatic carbocycles. The first-order valence-corrected chi connectivity index (χ1v) is 7.69. The van der Waals surface area contributed by atoms with Gasteiger partial charge in [0.1, 0.15) is 0 Å². The Labute approximate surface area is 129 Å². The predicted octanol–water partition coefficient (Wildman–Crippen LogP) is 4.09. The van der Waals surface area contributed by atoms with E-state index in [-0.39, 0.29) is 5.91 Å². The summed E-state index contributed by atoms with van der Waals surface area (Å²) in [5, 5.41) is 3.92. The molecule has 0 atom stereocenters. The molecule has 0 aliphatic heterocycles. The summed E-state index contributed by atoms with van der Waals surface area (Å²) in [6.07, 6.45) is 3.73. The highest BCUT2D eigenvalue weighted by Gasteiger charge is 2.39. The third kappa shape index (κ3) is 3.27. The van der Waals surface area contributed by atoms with E-state index in [9.17, 15) is 4.79 Å². The van der Waals surface area contributed by atoms with E-state index in [0.29, 0.717) is 28.2 Å². The monoisotopic (exact) mass is 314 g/mol. The van der Waals surface area contributed by atoms with Gasteiger partial charge < -0.3 is 11.1 Å². The molecule has 0 aromatic heterocycles. The molecule has 1 saturated carbocycles. The summed E-state index contributed by atoms with van der Waals surface area (Å²) in [5.41, 5.74) is 5.96. The molecule has 20 heavy (non-hydrogen) atoms. The lowest BCUT2D eigenvalue weighted by Crippen LogP contribution is -2.44. The Balaban J connectivity index is 2.15. The van der Waals surface area contributed by atoms with E-state index in [2.05, 4.69) is 12.2 Å². The number of halogens is 2. The maximum Gasteiger partial charge on any atom is 0.231 e. The van der Waals surface area contributed by atoms with Crippen LogP contribution in [0.1, 0.15) is 32.6 Å². The lowest BCUT2D eigenvalue weighted by Gasteiger charge is -2.37. The summed E-state index contributed by atoms with van der Waals surface area (Å²) in [6, 6.07) is 5.04. The van der Waals surface area contributed by atoms with Gasteiger partial charge in [-0.05, 0) is 49.8 Å². The third-order valence-electron chi connectivity index (χ3n) is 4.28. The zero-order chi connectivity index (χ0) is 14.8. The summed E-state index contributed by atoms with van der Waals surface area (Å²) < 4.78 is 0. The fourth-order valence-corrected chi connectivity index (χ4v) is 3.02. The van der Waals surface area contributed by atoms with Gasteiger partial charge in [-0.15, -0.1) is 0 Å². The third-order valence-corrected chi connectivity index (χ3v) is 4.85. The SMILES string of the molecule is CC1CCC(CN)(C(=O)Nc2cc(Cl)ccc2Cl)CC1. The second-order valence-electron chi connectivity index (χ2n) is 5.75. The molecule has 5 heteroatoms. The van der Waals surface area contributed by atoms with Crippen LogP contribution in [0.15, 0.2) is 18.2 Å². The van der Waals surface area contributed by atoms with Gasteiger partial charge in [-0.25, -0.2) is 0 Å². The smallest absolute Gasteiger partial charge is 0.231 e. The second kappa shape index (κ2) is 6.33. The van der Waals surface area contributed by atoms with Crippen molar-refractivity contribution >= 4 is 34.8 Å². The lowest BCUT2D eigenvalue weighted by molar-refractivity contribution is -0.127. The van der Waals surface area contributed by atoms with Gasteiger partial charge >= 0.3 is 0 Å². The highest BCUT2D eigenvalue weighted by Crippen LogP contribution is 2.39. The lowest BCUT2D eigenvalue weighted by atomic mass is 9.70. The maximum absolute atomic E-state index is 12.6. The van der Waals surface area contributed by atoms with Crippen molar-refractivity contribution in [1.82, 2.24) is 0 Å². The molecule has 1 fully saturated rings. The summed E-state index contributed by atoms with van der Waals surface area (Å²) in [4.78, 5) is 12.6. The normalized spacial score (nSPS) is 26.3. The molecule has 2 rings (SSSR count). The van der Waals surface area contributed by atoms with E-state index < -0.39 is 5.41 Å². The molecule has 0 unspecified atom stereocenters. The van der Waals surface area contributed by atoms with Crippen LogP contribution in [0.25, 0.3) is 0 Å². The van der Waals surface area contributed by atoms with Crippen molar-refractivity contribution in [3.63, 3.8) is 0 Å². The van der Waals surface area contributed by atoms with E-state index in [4.69, 9.17) is 28.9 Å². The Morgan fingerprint density at radius 2 is 2.05 bits per heavy atom. The number of hydrogen-bond acceptors (Lipinski definition) is 2. The highest BCUT2D eigenvalue weighted by molar-refractivity contribution is 6.35. The molecule has 0 heterocycles.